The Bertz CT molecular complexity index is 1240. The van der Waals surface area contributed by atoms with Crippen molar-refractivity contribution in [1.82, 2.24) is 19.8 Å². The number of nitrogens with zero attached hydrogens (tertiary/aromatic N) is 3. The second-order valence-electron chi connectivity index (χ2n) is 9.41. The smallest absolute Gasteiger partial charge is 0.253 e. The van der Waals surface area contributed by atoms with Gasteiger partial charge in [0.1, 0.15) is 11.4 Å². The van der Waals surface area contributed by atoms with Gasteiger partial charge in [-0.15, -0.1) is 0 Å². The highest BCUT2D eigenvalue weighted by Gasteiger charge is 2.29. The molecule has 9 nitrogen and oxygen atoms in total. The number of H-pyrrole nitrogens is 1. The first kappa shape index (κ1) is 25.8. The summed E-state index contributed by atoms with van der Waals surface area (Å²) in [5.41, 5.74) is 3.83. The van der Waals surface area contributed by atoms with Crippen LogP contribution in [-0.2, 0) is 9.47 Å². The third-order valence-corrected chi connectivity index (χ3v) is 7.61. The van der Waals surface area contributed by atoms with Gasteiger partial charge in [0.25, 0.3) is 5.91 Å². The lowest BCUT2D eigenvalue weighted by atomic mass is 9.99. The SMILES string of the molecule is COCCNc1c(-c2ccc(C(=O)N3CCC(N4CCOCC4)CC3)cc2OC)cnc2[nH]cc(Cl)c12. The Morgan fingerprint density at radius 2 is 1.97 bits per heavy atom. The maximum absolute atomic E-state index is 13.4. The second-order valence-corrected chi connectivity index (χ2v) is 9.82. The number of hydrogen-bond donors (Lipinski definition) is 2. The molecule has 0 spiro atoms. The molecule has 198 valence electrons. The van der Waals surface area contributed by atoms with Crippen LogP contribution < -0.4 is 10.1 Å². The van der Waals surface area contributed by atoms with Crippen LogP contribution in [0.3, 0.4) is 0 Å². The number of ether oxygens (including phenoxy) is 3. The summed E-state index contributed by atoms with van der Waals surface area (Å²) in [6.07, 6.45) is 5.49. The molecule has 2 aromatic heterocycles. The van der Waals surface area contributed by atoms with Gasteiger partial charge in [-0.2, -0.15) is 0 Å². The number of carbonyl (C=O) groups is 1. The zero-order chi connectivity index (χ0) is 25.8. The molecular formula is C27H34ClN5O4. The van der Waals surface area contributed by atoms with Gasteiger partial charge in [-0.3, -0.25) is 9.69 Å². The Morgan fingerprint density at radius 1 is 1.19 bits per heavy atom. The van der Waals surface area contributed by atoms with Gasteiger partial charge >= 0.3 is 0 Å². The van der Waals surface area contributed by atoms with E-state index >= 15 is 0 Å². The highest BCUT2D eigenvalue weighted by molar-refractivity contribution is 6.36. The molecule has 0 aliphatic carbocycles. The number of pyridine rings is 1. The van der Waals surface area contributed by atoms with Crippen LogP contribution in [0.2, 0.25) is 5.02 Å². The Labute approximate surface area is 222 Å². The molecule has 0 bridgehead atoms. The van der Waals surface area contributed by atoms with Gasteiger partial charge in [0, 0.05) is 75.0 Å². The lowest BCUT2D eigenvalue weighted by molar-refractivity contribution is 0.00159. The minimum atomic E-state index is 0.0333. The van der Waals surface area contributed by atoms with E-state index in [1.165, 1.54) is 0 Å². The minimum Gasteiger partial charge on any atom is -0.496 e. The van der Waals surface area contributed by atoms with Crippen molar-refractivity contribution in [3.63, 3.8) is 0 Å². The number of methoxy groups -OCH3 is 2. The Kier molecular flexibility index (Phi) is 8.14. The summed E-state index contributed by atoms with van der Waals surface area (Å²) in [7, 11) is 3.28. The maximum Gasteiger partial charge on any atom is 0.253 e. The van der Waals surface area contributed by atoms with Gasteiger partial charge in [0.15, 0.2) is 0 Å². The first-order chi connectivity index (χ1) is 18.1. The van der Waals surface area contributed by atoms with Crippen LogP contribution in [-0.4, -0.2) is 98.5 Å². The number of aromatic amines is 1. The van der Waals surface area contributed by atoms with Gasteiger partial charge in [0.2, 0.25) is 0 Å². The van der Waals surface area contributed by atoms with Gasteiger partial charge in [0.05, 0.1) is 43.0 Å². The zero-order valence-electron chi connectivity index (χ0n) is 21.4. The Hall–Kier alpha value is -2.85. The molecule has 2 N–H and O–H groups in total. The van der Waals surface area contributed by atoms with E-state index in [1.54, 1.807) is 26.6 Å². The number of fused-ring (bicyclic) bond motifs is 1. The summed E-state index contributed by atoms with van der Waals surface area (Å²) < 4.78 is 16.5. The molecule has 2 saturated heterocycles. The first-order valence-electron chi connectivity index (χ1n) is 12.8. The van der Waals surface area contributed by atoms with E-state index in [0.29, 0.717) is 41.2 Å². The van der Waals surface area contributed by atoms with Crippen molar-refractivity contribution in [2.45, 2.75) is 18.9 Å². The average molecular weight is 528 g/mol. The Morgan fingerprint density at radius 3 is 2.70 bits per heavy atom. The lowest BCUT2D eigenvalue weighted by Crippen LogP contribution is -2.50. The van der Waals surface area contributed by atoms with Crippen molar-refractivity contribution in [2.24, 2.45) is 0 Å². The summed E-state index contributed by atoms with van der Waals surface area (Å²) in [6, 6.07) is 6.15. The average Bonchev–Trinajstić information content (AvgIpc) is 3.34. The van der Waals surface area contributed by atoms with E-state index in [1.807, 2.05) is 23.1 Å². The molecule has 0 radical (unpaired) electrons. The van der Waals surface area contributed by atoms with Gasteiger partial charge in [-0.1, -0.05) is 11.6 Å². The van der Waals surface area contributed by atoms with E-state index in [4.69, 9.17) is 25.8 Å². The molecule has 4 heterocycles. The fourth-order valence-electron chi connectivity index (χ4n) is 5.33. The second kappa shape index (κ2) is 11.7. The Balaban J connectivity index is 1.38. The number of nitrogens with one attached hydrogen (secondary N) is 2. The molecular weight excluding hydrogens is 494 g/mol. The van der Waals surface area contributed by atoms with Crippen molar-refractivity contribution >= 4 is 34.2 Å². The third-order valence-electron chi connectivity index (χ3n) is 7.31. The van der Waals surface area contributed by atoms with Gasteiger partial charge in [-0.25, -0.2) is 4.98 Å². The number of halogens is 1. The number of piperidine rings is 1. The molecule has 0 atom stereocenters. The van der Waals surface area contributed by atoms with E-state index in [2.05, 4.69) is 20.2 Å². The number of hydrogen-bond acceptors (Lipinski definition) is 7. The summed E-state index contributed by atoms with van der Waals surface area (Å²) in [5.74, 6) is 0.641. The normalized spacial score (nSPS) is 17.3. The fraction of sp³-hybridized carbons (Fsp3) is 0.481. The minimum absolute atomic E-state index is 0.0333. The van der Waals surface area contributed by atoms with E-state index in [9.17, 15) is 4.79 Å². The first-order valence-corrected chi connectivity index (χ1v) is 13.2. The molecule has 5 rings (SSSR count). The van der Waals surface area contributed by atoms with Gasteiger partial charge < -0.3 is 29.4 Å². The summed E-state index contributed by atoms with van der Waals surface area (Å²) in [5, 5.41) is 4.83. The van der Waals surface area contributed by atoms with Crippen LogP contribution in [0.4, 0.5) is 5.69 Å². The quantitative estimate of drug-likeness (QED) is 0.429. The predicted octanol–water partition coefficient (Wildman–Crippen LogP) is 3.89. The predicted molar refractivity (Wildman–Crippen MR) is 145 cm³/mol. The van der Waals surface area contributed by atoms with Crippen molar-refractivity contribution < 1.29 is 19.0 Å². The molecule has 0 unspecified atom stereocenters. The number of benzene rings is 1. The molecule has 0 saturated carbocycles. The highest BCUT2D eigenvalue weighted by Crippen LogP contribution is 2.41. The van der Waals surface area contributed by atoms with Crippen LogP contribution in [0.15, 0.2) is 30.6 Å². The van der Waals surface area contributed by atoms with Crippen LogP contribution in [0.1, 0.15) is 23.2 Å². The third kappa shape index (κ3) is 5.40. The summed E-state index contributed by atoms with van der Waals surface area (Å²) in [4.78, 5) is 25.5. The van der Waals surface area contributed by atoms with Crippen molar-refractivity contribution in [3.05, 3.63) is 41.2 Å². The van der Waals surface area contributed by atoms with Crippen molar-refractivity contribution in [3.8, 4) is 16.9 Å². The highest BCUT2D eigenvalue weighted by atomic mass is 35.5. The van der Waals surface area contributed by atoms with Crippen LogP contribution in [0.5, 0.6) is 5.75 Å². The van der Waals surface area contributed by atoms with Crippen molar-refractivity contribution in [2.75, 3.05) is 72.1 Å². The summed E-state index contributed by atoms with van der Waals surface area (Å²) in [6.45, 7) is 6.21. The number of anilines is 1. The fourth-order valence-corrected chi connectivity index (χ4v) is 5.57. The van der Waals surface area contributed by atoms with Crippen LogP contribution in [0.25, 0.3) is 22.2 Å². The zero-order valence-corrected chi connectivity index (χ0v) is 22.1. The lowest BCUT2D eigenvalue weighted by Gasteiger charge is -2.40. The number of likely N-dealkylation sites (tertiary alicyclic amines) is 1. The summed E-state index contributed by atoms with van der Waals surface area (Å²) >= 11 is 6.50. The standard InChI is InChI=1S/C27H34ClN5O4/c1-35-12-7-29-25-21(16-30-26-24(25)22(28)17-31-26)20-4-3-18(15-23(20)36-2)27(34)33-8-5-19(6-9-33)32-10-13-37-14-11-32/h3-4,15-17,19H,5-14H2,1-2H3,(H2,29,30,31). The number of aromatic nitrogens is 2. The van der Waals surface area contributed by atoms with E-state index in [-0.39, 0.29) is 5.91 Å². The monoisotopic (exact) mass is 527 g/mol. The number of morpholine rings is 1. The van der Waals surface area contributed by atoms with E-state index in [0.717, 1.165) is 74.4 Å². The molecule has 1 amide bonds. The molecule has 3 aromatic rings. The number of carbonyl (C=O) groups excluding carboxylic acids is 1. The molecule has 1 aromatic carbocycles. The topological polar surface area (TPSA) is 92.0 Å². The largest absolute Gasteiger partial charge is 0.496 e. The molecule has 2 aliphatic rings. The molecule has 10 heteroatoms. The molecule has 37 heavy (non-hydrogen) atoms. The van der Waals surface area contributed by atoms with Gasteiger partial charge in [-0.05, 0) is 31.0 Å². The maximum atomic E-state index is 13.4. The molecule has 2 fully saturated rings. The van der Waals surface area contributed by atoms with Crippen LogP contribution in [0, 0.1) is 0 Å². The van der Waals surface area contributed by atoms with Crippen molar-refractivity contribution in [1.29, 1.82) is 0 Å². The van der Waals surface area contributed by atoms with Crippen LogP contribution >= 0.6 is 11.6 Å². The van der Waals surface area contributed by atoms with E-state index < -0.39 is 0 Å². The number of rotatable bonds is 8. The molecule has 2 aliphatic heterocycles. The number of amides is 1.